The van der Waals surface area contributed by atoms with Crippen LogP contribution in [0.25, 0.3) is 0 Å². The van der Waals surface area contributed by atoms with E-state index >= 15 is 0 Å². The predicted octanol–water partition coefficient (Wildman–Crippen LogP) is 3.45. The van der Waals surface area contributed by atoms with Crippen molar-refractivity contribution < 1.29 is 4.74 Å². The zero-order valence-corrected chi connectivity index (χ0v) is 10.4. The Morgan fingerprint density at radius 2 is 1.88 bits per heavy atom. The summed E-state index contributed by atoms with van der Waals surface area (Å²) in [6.45, 7) is 0.272. The third-order valence-corrected chi connectivity index (χ3v) is 2.74. The Balaban J connectivity index is 2.14. The van der Waals surface area contributed by atoms with Crippen molar-refractivity contribution in [2.24, 2.45) is 0 Å². The first-order valence-corrected chi connectivity index (χ1v) is 5.94. The second kappa shape index (κ2) is 5.84. The van der Waals surface area contributed by atoms with E-state index in [1.807, 2.05) is 12.1 Å². The van der Waals surface area contributed by atoms with Gasteiger partial charge in [0.05, 0.1) is 10.9 Å². The fourth-order valence-corrected chi connectivity index (χ4v) is 1.82. The Morgan fingerprint density at radius 1 is 1.12 bits per heavy atom. The third kappa shape index (κ3) is 3.08. The van der Waals surface area contributed by atoms with E-state index in [-0.39, 0.29) is 6.61 Å². The molecule has 0 aliphatic rings. The van der Waals surface area contributed by atoms with Crippen LogP contribution in [0.2, 0.25) is 5.02 Å². The quantitative estimate of drug-likeness (QED) is 0.797. The van der Waals surface area contributed by atoms with Crippen molar-refractivity contribution in [1.29, 1.82) is 0 Å². The molecular weight excluding hydrogens is 259 g/mol. The van der Waals surface area contributed by atoms with E-state index in [1.54, 1.807) is 24.5 Å². The van der Waals surface area contributed by atoms with Crippen LogP contribution in [0.5, 0.6) is 5.75 Å². The molecule has 0 amide bonds. The molecule has 0 radical (unpaired) electrons. The lowest BCUT2D eigenvalue weighted by Crippen LogP contribution is -2.02. The SMILES string of the molecule is ClCc1cccc(Cl)c1OCc1ncccn1. The van der Waals surface area contributed by atoms with Crippen molar-refractivity contribution in [2.45, 2.75) is 12.5 Å². The number of halogens is 2. The van der Waals surface area contributed by atoms with E-state index in [2.05, 4.69) is 9.97 Å². The maximum absolute atomic E-state index is 6.05. The molecule has 5 heteroatoms. The molecule has 3 nitrogen and oxygen atoms in total. The summed E-state index contributed by atoms with van der Waals surface area (Å²) >= 11 is 11.9. The van der Waals surface area contributed by atoms with Crippen molar-refractivity contribution in [1.82, 2.24) is 9.97 Å². The summed E-state index contributed by atoms with van der Waals surface area (Å²) in [5, 5.41) is 0.541. The van der Waals surface area contributed by atoms with Crippen LogP contribution in [-0.4, -0.2) is 9.97 Å². The highest BCUT2D eigenvalue weighted by Gasteiger charge is 2.08. The monoisotopic (exact) mass is 268 g/mol. The van der Waals surface area contributed by atoms with Crippen LogP contribution >= 0.6 is 23.2 Å². The molecule has 0 saturated heterocycles. The van der Waals surface area contributed by atoms with Crippen LogP contribution in [0.3, 0.4) is 0 Å². The highest BCUT2D eigenvalue weighted by Crippen LogP contribution is 2.30. The topological polar surface area (TPSA) is 35.0 Å². The largest absolute Gasteiger partial charge is 0.484 e. The van der Waals surface area contributed by atoms with Gasteiger partial charge in [0, 0.05) is 18.0 Å². The number of nitrogens with zero attached hydrogens (tertiary/aromatic N) is 2. The van der Waals surface area contributed by atoms with Gasteiger partial charge in [-0.3, -0.25) is 0 Å². The molecular formula is C12H10Cl2N2O. The first-order chi connectivity index (χ1) is 8.31. The molecule has 1 heterocycles. The van der Waals surface area contributed by atoms with Gasteiger partial charge in [-0.15, -0.1) is 11.6 Å². The zero-order chi connectivity index (χ0) is 12.1. The molecule has 0 spiro atoms. The standard InChI is InChI=1S/C12H10Cl2N2O/c13-7-9-3-1-4-10(14)12(9)17-8-11-15-5-2-6-16-11/h1-6H,7-8H2. The Bertz CT molecular complexity index is 491. The van der Waals surface area contributed by atoms with Gasteiger partial charge in [-0.2, -0.15) is 0 Å². The molecule has 0 saturated carbocycles. The molecule has 0 fully saturated rings. The Hall–Kier alpha value is -1.32. The summed E-state index contributed by atoms with van der Waals surface area (Å²) in [4.78, 5) is 8.13. The zero-order valence-electron chi connectivity index (χ0n) is 8.94. The highest BCUT2D eigenvalue weighted by atomic mass is 35.5. The van der Waals surface area contributed by atoms with Gasteiger partial charge in [-0.1, -0.05) is 23.7 Å². The number of hydrogen-bond donors (Lipinski definition) is 0. The third-order valence-electron chi connectivity index (χ3n) is 2.16. The number of ether oxygens (including phenoxy) is 1. The maximum atomic E-state index is 6.05. The molecule has 0 unspecified atom stereocenters. The minimum Gasteiger partial charge on any atom is -0.484 e. The minimum atomic E-state index is 0.272. The van der Waals surface area contributed by atoms with Crippen LogP contribution in [0.15, 0.2) is 36.7 Å². The Labute approximate surface area is 109 Å². The number of benzene rings is 1. The first-order valence-electron chi connectivity index (χ1n) is 5.03. The van der Waals surface area contributed by atoms with Gasteiger partial charge in [0.15, 0.2) is 5.82 Å². The van der Waals surface area contributed by atoms with Crippen molar-refractivity contribution in [2.75, 3.05) is 0 Å². The second-order valence-corrected chi connectivity index (χ2v) is 3.99. The van der Waals surface area contributed by atoms with Gasteiger partial charge in [-0.05, 0) is 12.1 Å². The summed E-state index contributed by atoms with van der Waals surface area (Å²) in [5.41, 5.74) is 0.857. The number of rotatable bonds is 4. The average molecular weight is 269 g/mol. The molecule has 0 atom stereocenters. The van der Waals surface area contributed by atoms with Gasteiger partial charge in [0.2, 0.25) is 0 Å². The van der Waals surface area contributed by atoms with E-state index in [0.29, 0.717) is 22.5 Å². The summed E-state index contributed by atoms with van der Waals surface area (Å²) in [5.74, 6) is 1.55. The fourth-order valence-electron chi connectivity index (χ4n) is 1.36. The number of para-hydroxylation sites is 1. The fraction of sp³-hybridized carbons (Fsp3) is 0.167. The summed E-state index contributed by atoms with van der Waals surface area (Å²) in [6.07, 6.45) is 3.33. The van der Waals surface area contributed by atoms with Crippen molar-refractivity contribution in [3.8, 4) is 5.75 Å². The molecule has 2 aromatic rings. The van der Waals surface area contributed by atoms with Crippen LogP contribution in [-0.2, 0) is 12.5 Å². The van der Waals surface area contributed by atoms with Crippen LogP contribution in [0.1, 0.15) is 11.4 Å². The Morgan fingerprint density at radius 3 is 2.59 bits per heavy atom. The summed E-state index contributed by atoms with van der Waals surface area (Å²) in [6, 6.07) is 7.23. The van der Waals surface area contributed by atoms with Gasteiger partial charge in [0.1, 0.15) is 12.4 Å². The second-order valence-electron chi connectivity index (χ2n) is 3.32. The average Bonchev–Trinajstić information content (AvgIpc) is 2.38. The van der Waals surface area contributed by atoms with Gasteiger partial charge >= 0.3 is 0 Å². The summed E-state index contributed by atoms with van der Waals surface area (Å²) in [7, 11) is 0. The van der Waals surface area contributed by atoms with Crippen LogP contribution < -0.4 is 4.74 Å². The number of aromatic nitrogens is 2. The van der Waals surface area contributed by atoms with Crippen LogP contribution in [0, 0.1) is 0 Å². The lowest BCUT2D eigenvalue weighted by Gasteiger charge is -2.10. The minimum absolute atomic E-state index is 0.272. The Kier molecular flexibility index (Phi) is 4.18. The molecule has 2 rings (SSSR count). The molecule has 17 heavy (non-hydrogen) atoms. The van der Waals surface area contributed by atoms with E-state index in [4.69, 9.17) is 27.9 Å². The van der Waals surface area contributed by atoms with Crippen LogP contribution in [0.4, 0.5) is 0 Å². The smallest absolute Gasteiger partial charge is 0.166 e. The van der Waals surface area contributed by atoms with Gasteiger partial charge in [0.25, 0.3) is 0 Å². The normalized spacial score (nSPS) is 10.2. The molecule has 1 aromatic carbocycles. The highest BCUT2D eigenvalue weighted by molar-refractivity contribution is 6.32. The number of alkyl halides is 1. The molecule has 88 valence electrons. The molecule has 0 N–H and O–H groups in total. The van der Waals surface area contributed by atoms with Crippen molar-refractivity contribution >= 4 is 23.2 Å². The summed E-state index contributed by atoms with van der Waals surface area (Å²) < 4.78 is 5.60. The van der Waals surface area contributed by atoms with E-state index in [9.17, 15) is 0 Å². The van der Waals surface area contributed by atoms with Gasteiger partial charge in [-0.25, -0.2) is 9.97 Å². The molecule has 0 aliphatic heterocycles. The molecule has 0 bridgehead atoms. The van der Waals surface area contributed by atoms with E-state index in [0.717, 1.165) is 5.56 Å². The van der Waals surface area contributed by atoms with Gasteiger partial charge < -0.3 is 4.74 Å². The van der Waals surface area contributed by atoms with E-state index in [1.165, 1.54) is 0 Å². The van der Waals surface area contributed by atoms with Crippen molar-refractivity contribution in [3.63, 3.8) is 0 Å². The molecule has 1 aromatic heterocycles. The van der Waals surface area contributed by atoms with E-state index < -0.39 is 0 Å². The predicted molar refractivity (Wildman–Crippen MR) is 67.4 cm³/mol. The number of hydrogen-bond acceptors (Lipinski definition) is 3. The first kappa shape index (κ1) is 12.1. The lowest BCUT2D eigenvalue weighted by atomic mass is 10.2. The maximum Gasteiger partial charge on any atom is 0.166 e. The molecule has 0 aliphatic carbocycles. The lowest BCUT2D eigenvalue weighted by molar-refractivity contribution is 0.293. The van der Waals surface area contributed by atoms with Crippen molar-refractivity contribution in [3.05, 3.63) is 53.1 Å².